The van der Waals surface area contributed by atoms with E-state index in [1.54, 1.807) is 6.92 Å². The molecule has 4 rings (SSSR count). The highest BCUT2D eigenvalue weighted by Crippen LogP contribution is 2.35. The van der Waals surface area contributed by atoms with Crippen LogP contribution < -0.4 is 4.57 Å². The highest BCUT2D eigenvalue weighted by atomic mass is 15.2. The lowest BCUT2D eigenvalue weighted by Crippen LogP contribution is -2.32. The van der Waals surface area contributed by atoms with Crippen LogP contribution in [0.15, 0.2) is 42.5 Å². The molecule has 3 nitrogen and oxygen atoms in total. The van der Waals surface area contributed by atoms with Gasteiger partial charge in [0.05, 0.1) is 12.7 Å². The molecule has 0 fully saturated rings. The number of hydrogen-bond donors (Lipinski definition) is 0. The number of para-hydroxylation sites is 1. The molecule has 0 spiro atoms. The van der Waals surface area contributed by atoms with Crippen LogP contribution in [0.1, 0.15) is 82.8 Å². The van der Waals surface area contributed by atoms with Crippen LogP contribution in [0.4, 0.5) is 0 Å². The van der Waals surface area contributed by atoms with Crippen molar-refractivity contribution in [2.24, 2.45) is 7.05 Å². The van der Waals surface area contributed by atoms with Crippen LogP contribution in [-0.2, 0) is 13.4 Å². The fourth-order valence-corrected chi connectivity index (χ4v) is 4.94. The van der Waals surface area contributed by atoms with Crippen LogP contribution in [0.3, 0.4) is 0 Å². The Hall–Kier alpha value is -2.94. The highest BCUT2D eigenvalue weighted by Gasteiger charge is 2.27. The third-order valence-electron chi connectivity index (χ3n) is 6.85. The van der Waals surface area contributed by atoms with Gasteiger partial charge in [0, 0.05) is 14.7 Å². The van der Waals surface area contributed by atoms with Gasteiger partial charge in [0.2, 0.25) is 5.82 Å². The molecule has 0 aliphatic rings. The molecule has 0 bridgehead atoms. The SMILES string of the molecule is [2H]C([2H])(C)c1nc2c(ccc(-c3cc(C)cc(C)c3C)[n+]2C)n1-c1c(C(C)C)cccc1C(C)C. The van der Waals surface area contributed by atoms with Gasteiger partial charge in [-0.25, -0.2) is 4.57 Å². The van der Waals surface area contributed by atoms with Crippen LogP contribution in [-0.4, -0.2) is 9.55 Å². The van der Waals surface area contributed by atoms with Crippen molar-refractivity contribution in [2.75, 3.05) is 0 Å². The first kappa shape index (κ1) is 20.7. The maximum Gasteiger partial charge on any atom is 0.349 e. The van der Waals surface area contributed by atoms with E-state index in [1.165, 1.54) is 33.4 Å². The third-order valence-corrected chi connectivity index (χ3v) is 6.85. The van der Waals surface area contributed by atoms with Crippen molar-refractivity contribution in [1.29, 1.82) is 0 Å². The van der Waals surface area contributed by atoms with Gasteiger partial charge in [-0.05, 0) is 78.0 Å². The number of fused-ring (bicyclic) bond motifs is 1. The summed E-state index contributed by atoms with van der Waals surface area (Å²) in [6.45, 7) is 16.8. The summed E-state index contributed by atoms with van der Waals surface area (Å²) in [7, 11) is 2.04. The molecular formula is C30H38N3+. The number of aryl methyl sites for hydroxylation is 4. The number of rotatable bonds is 5. The molecule has 0 unspecified atom stereocenters. The molecular weight excluding hydrogens is 402 g/mol. The van der Waals surface area contributed by atoms with Crippen molar-refractivity contribution in [3.05, 3.63) is 76.1 Å². The lowest BCUT2D eigenvalue weighted by molar-refractivity contribution is -0.635. The fraction of sp³-hybridized carbons (Fsp3) is 0.400. The third kappa shape index (κ3) is 3.88. The van der Waals surface area contributed by atoms with E-state index < -0.39 is 6.37 Å². The maximum absolute atomic E-state index is 8.70. The highest BCUT2D eigenvalue weighted by molar-refractivity contribution is 5.76. The number of aromatic nitrogens is 3. The summed E-state index contributed by atoms with van der Waals surface area (Å²) in [4.78, 5) is 4.97. The molecule has 2 aromatic heterocycles. The normalized spacial score (nSPS) is 13.2. The summed E-state index contributed by atoms with van der Waals surface area (Å²) in [6.07, 6.45) is -1.61. The van der Waals surface area contributed by atoms with Crippen molar-refractivity contribution in [3.63, 3.8) is 0 Å². The first-order valence-electron chi connectivity index (χ1n) is 13.0. The van der Waals surface area contributed by atoms with E-state index in [0.29, 0.717) is 17.7 Å². The van der Waals surface area contributed by atoms with Gasteiger partial charge < -0.3 is 0 Å². The minimum absolute atomic E-state index is 0.294. The quantitative estimate of drug-likeness (QED) is 0.298. The van der Waals surface area contributed by atoms with Gasteiger partial charge in [-0.3, -0.25) is 4.57 Å². The summed E-state index contributed by atoms with van der Waals surface area (Å²) in [6, 6.07) is 15.2. The van der Waals surface area contributed by atoms with E-state index in [4.69, 9.17) is 7.73 Å². The molecule has 0 amide bonds. The van der Waals surface area contributed by atoms with Gasteiger partial charge in [0.15, 0.2) is 0 Å². The van der Waals surface area contributed by atoms with Gasteiger partial charge in [-0.1, -0.05) is 64.4 Å². The summed E-state index contributed by atoms with van der Waals surface area (Å²) < 4.78 is 21.6. The van der Waals surface area contributed by atoms with Crippen molar-refractivity contribution in [2.45, 2.75) is 73.6 Å². The Kier molecular flexibility index (Phi) is 5.49. The first-order chi connectivity index (χ1) is 16.3. The molecule has 0 N–H and O–H groups in total. The molecule has 2 aromatic carbocycles. The molecule has 0 saturated heterocycles. The second-order valence-electron chi connectivity index (χ2n) is 9.86. The van der Waals surface area contributed by atoms with Gasteiger partial charge in [0.25, 0.3) is 0 Å². The van der Waals surface area contributed by atoms with Crippen molar-refractivity contribution >= 4 is 11.2 Å². The van der Waals surface area contributed by atoms with Gasteiger partial charge in [0.1, 0.15) is 11.2 Å². The zero-order valence-corrected chi connectivity index (χ0v) is 21.5. The zero-order valence-electron chi connectivity index (χ0n) is 23.5. The molecule has 0 aliphatic heterocycles. The summed E-state index contributed by atoms with van der Waals surface area (Å²) in [5.74, 6) is 1.03. The number of hydrogen-bond acceptors (Lipinski definition) is 1. The summed E-state index contributed by atoms with van der Waals surface area (Å²) >= 11 is 0. The van der Waals surface area contributed by atoms with E-state index in [-0.39, 0.29) is 0 Å². The Bertz CT molecular complexity index is 1400. The predicted molar refractivity (Wildman–Crippen MR) is 139 cm³/mol. The van der Waals surface area contributed by atoms with E-state index in [2.05, 4.69) is 100 Å². The second kappa shape index (κ2) is 8.78. The standard InChI is InChI=1S/C30H38N3/c1-10-28-31-30-27(33(28)29-23(18(2)3)12-11-13-24(29)19(4)5)15-14-26(32(30)9)25-17-20(6)16-21(7)22(25)8/h11-19H,10H2,1-9H3/q+1/i10D2. The molecule has 2 heterocycles. The second-order valence-corrected chi connectivity index (χ2v) is 9.86. The van der Waals surface area contributed by atoms with E-state index >= 15 is 0 Å². The minimum Gasteiger partial charge on any atom is -0.269 e. The van der Waals surface area contributed by atoms with Gasteiger partial charge in [-0.15, -0.1) is 0 Å². The smallest absolute Gasteiger partial charge is 0.269 e. The molecule has 0 saturated carbocycles. The number of benzene rings is 2. The monoisotopic (exact) mass is 442 g/mol. The fourth-order valence-electron chi connectivity index (χ4n) is 4.94. The van der Waals surface area contributed by atoms with Crippen LogP contribution in [0, 0.1) is 20.8 Å². The Labute approximate surface area is 201 Å². The van der Waals surface area contributed by atoms with E-state index in [1.807, 2.05) is 7.05 Å². The minimum atomic E-state index is -1.61. The van der Waals surface area contributed by atoms with Crippen molar-refractivity contribution in [1.82, 2.24) is 9.55 Å². The molecule has 172 valence electrons. The summed E-state index contributed by atoms with van der Waals surface area (Å²) in [5, 5.41) is 0. The predicted octanol–water partition coefficient (Wildman–Crippen LogP) is 7.25. The molecule has 4 aromatic rings. The average Bonchev–Trinajstić information content (AvgIpc) is 3.17. The van der Waals surface area contributed by atoms with E-state index in [0.717, 1.165) is 22.5 Å². The molecule has 33 heavy (non-hydrogen) atoms. The Balaban J connectivity index is 2.13. The zero-order chi connectivity index (χ0) is 25.8. The van der Waals surface area contributed by atoms with E-state index in [9.17, 15) is 0 Å². The van der Waals surface area contributed by atoms with Crippen LogP contribution in [0.5, 0.6) is 0 Å². The van der Waals surface area contributed by atoms with Crippen LogP contribution >= 0.6 is 0 Å². The van der Waals surface area contributed by atoms with Gasteiger partial charge >= 0.3 is 5.65 Å². The Morgan fingerprint density at radius 3 is 2.18 bits per heavy atom. The number of pyridine rings is 1. The largest absolute Gasteiger partial charge is 0.349 e. The average molecular weight is 443 g/mol. The Morgan fingerprint density at radius 1 is 0.970 bits per heavy atom. The number of nitrogens with zero attached hydrogens (tertiary/aromatic N) is 3. The summed E-state index contributed by atoms with van der Waals surface area (Å²) in [5.41, 5.74) is 11.2. The van der Waals surface area contributed by atoms with Gasteiger partial charge in [-0.2, -0.15) is 0 Å². The first-order valence-corrected chi connectivity index (χ1v) is 12.0. The lowest BCUT2D eigenvalue weighted by atomic mass is 9.92. The molecule has 0 radical (unpaired) electrons. The topological polar surface area (TPSA) is 21.7 Å². The molecule has 3 heteroatoms. The van der Waals surface area contributed by atoms with Crippen molar-refractivity contribution in [3.8, 4) is 16.9 Å². The number of imidazole rings is 1. The molecule has 0 aliphatic carbocycles. The van der Waals surface area contributed by atoms with Crippen molar-refractivity contribution < 1.29 is 7.31 Å². The Morgan fingerprint density at radius 2 is 1.61 bits per heavy atom. The molecule has 0 atom stereocenters. The lowest BCUT2D eigenvalue weighted by Gasteiger charge is -2.21. The van der Waals surface area contributed by atoms with Crippen LogP contribution in [0.2, 0.25) is 0 Å². The van der Waals surface area contributed by atoms with Crippen LogP contribution in [0.25, 0.3) is 28.1 Å². The maximum atomic E-state index is 8.70.